The van der Waals surface area contributed by atoms with Crippen LogP contribution >= 0.6 is 0 Å². The monoisotopic (exact) mass is 345 g/mol. The van der Waals surface area contributed by atoms with Gasteiger partial charge < -0.3 is 4.43 Å². The molecule has 1 saturated carbocycles. The van der Waals surface area contributed by atoms with E-state index in [1.165, 1.54) is 12.8 Å². The van der Waals surface area contributed by atoms with Crippen molar-refractivity contribution < 1.29 is 8.63 Å². The quantitative estimate of drug-likeness (QED) is 0.504. The standard InChI is InChI=1S/C17H35NO2SSi/c1-15(2,3)21(19)18-14-13-17(11-9-10-12-17)20-22(7,8)16(4,5)6/h14H,9-13H2,1-8H3/t21-/m1/s1. The lowest BCUT2D eigenvalue weighted by atomic mass is 9.99. The maximum atomic E-state index is 12.1. The third-order valence-corrected chi connectivity index (χ3v) is 10.9. The van der Waals surface area contributed by atoms with Crippen LogP contribution in [0.5, 0.6) is 0 Å². The Labute approximate surface area is 141 Å². The summed E-state index contributed by atoms with van der Waals surface area (Å²) in [4.78, 5) is 0. The molecule has 1 rings (SSSR count). The maximum Gasteiger partial charge on any atom is 0.192 e. The summed E-state index contributed by atoms with van der Waals surface area (Å²) in [7, 11) is -2.96. The predicted molar refractivity (Wildman–Crippen MR) is 100 cm³/mol. The van der Waals surface area contributed by atoms with E-state index in [0.717, 1.165) is 19.3 Å². The van der Waals surface area contributed by atoms with Gasteiger partial charge in [0.25, 0.3) is 0 Å². The summed E-state index contributed by atoms with van der Waals surface area (Å²) >= 11 is 0. The molecule has 0 saturated heterocycles. The molecule has 0 aromatic carbocycles. The second-order valence-electron chi connectivity index (χ2n) is 9.11. The van der Waals surface area contributed by atoms with Crippen LogP contribution in [-0.4, -0.2) is 29.1 Å². The third kappa shape index (κ3) is 5.27. The van der Waals surface area contributed by atoms with Gasteiger partial charge in [-0.15, -0.1) is 0 Å². The van der Waals surface area contributed by atoms with Gasteiger partial charge in [-0.3, -0.25) is 0 Å². The van der Waals surface area contributed by atoms with E-state index in [9.17, 15) is 4.21 Å². The molecule has 0 aromatic rings. The lowest BCUT2D eigenvalue weighted by Gasteiger charge is -2.44. The first-order chi connectivity index (χ1) is 9.79. The topological polar surface area (TPSA) is 38.7 Å². The van der Waals surface area contributed by atoms with E-state index >= 15 is 0 Å². The number of nitrogens with zero attached hydrogens (tertiary/aromatic N) is 1. The Morgan fingerprint density at radius 1 is 1.14 bits per heavy atom. The minimum absolute atomic E-state index is 0.0748. The van der Waals surface area contributed by atoms with E-state index in [0.29, 0.717) is 0 Å². The molecule has 0 spiro atoms. The molecule has 0 amide bonds. The first-order valence-corrected chi connectivity index (χ1v) is 12.5. The van der Waals surface area contributed by atoms with Gasteiger partial charge in [-0.2, -0.15) is 4.40 Å². The molecule has 22 heavy (non-hydrogen) atoms. The van der Waals surface area contributed by atoms with Crippen molar-refractivity contribution in [3.05, 3.63) is 0 Å². The fraction of sp³-hybridized carbons (Fsp3) is 0.941. The highest BCUT2D eigenvalue weighted by molar-refractivity contribution is 7.85. The van der Waals surface area contributed by atoms with Crippen molar-refractivity contribution in [2.24, 2.45) is 4.40 Å². The summed E-state index contributed by atoms with van der Waals surface area (Å²) in [5, 5.41) is 0.216. The number of hydrogen-bond acceptors (Lipinski definition) is 2. The van der Waals surface area contributed by atoms with E-state index in [1.54, 1.807) is 0 Å². The second-order valence-corrected chi connectivity index (χ2v) is 15.8. The summed E-state index contributed by atoms with van der Waals surface area (Å²) in [6.07, 6.45) is 7.32. The summed E-state index contributed by atoms with van der Waals surface area (Å²) in [5.41, 5.74) is -0.0748. The van der Waals surface area contributed by atoms with Crippen LogP contribution < -0.4 is 0 Å². The first-order valence-electron chi connectivity index (χ1n) is 8.44. The Morgan fingerprint density at radius 3 is 2.05 bits per heavy atom. The summed E-state index contributed by atoms with van der Waals surface area (Å²) in [5.74, 6) is 0. The van der Waals surface area contributed by atoms with Crippen LogP contribution in [0.2, 0.25) is 18.1 Å². The van der Waals surface area contributed by atoms with Gasteiger partial charge in [0.2, 0.25) is 0 Å². The molecule has 130 valence electrons. The van der Waals surface area contributed by atoms with Gasteiger partial charge in [0.1, 0.15) is 11.0 Å². The van der Waals surface area contributed by atoms with Gasteiger partial charge in [-0.1, -0.05) is 33.6 Å². The van der Waals surface area contributed by atoms with E-state index in [-0.39, 0.29) is 15.4 Å². The second kappa shape index (κ2) is 6.86. The molecule has 1 atom stereocenters. The largest absolute Gasteiger partial charge is 0.411 e. The minimum atomic E-state index is -1.79. The molecule has 0 unspecified atom stereocenters. The van der Waals surface area contributed by atoms with Gasteiger partial charge in [-0.05, 0) is 51.7 Å². The van der Waals surface area contributed by atoms with Crippen molar-refractivity contribution in [3.63, 3.8) is 0 Å². The van der Waals surface area contributed by atoms with Crippen LogP contribution in [0.3, 0.4) is 0 Å². The molecule has 0 heterocycles. The molecule has 0 aliphatic heterocycles. The summed E-state index contributed by atoms with van der Waals surface area (Å²) < 4.78 is 22.8. The SMILES string of the molecule is CC(C)(C)[S@@](=O)N=CCC1(O[Si](C)(C)C(C)(C)C)CCCC1. The molecule has 0 bridgehead atoms. The van der Waals surface area contributed by atoms with Crippen LogP contribution in [-0.2, 0) is 15.4 Å². The van der Waals surface area contributed by atoms with Gasteiger partial charge in [0.15, 0.2) is 8.32 Å². The Hall–Kier alpha value is -0.00312. The van der Waals surface area contributed by atoms with Crippen molar-refractivity contribution >= 4 is 25.5 Å². The van der Waals surface area contributed by atoms with Gasteiger partial charge in [0, 0.05) is 12.6 Å². The smallest absolute Gasteiger partial charge is 0.192 e. The fourth-order valence-corrected chi connectivity index (χ4v) is 4.69. The van der Waals surface area contributed by atoms with Crippen LogP contribution in [0.25, 0.3) is 0 Å². The Balaban J connectivity index is 2.81. The van der Waals surface area contributed by atoms with Crippen molar-refractivity contribution in [2.75, 3.05) is 0 Å². The van der Waals surface area contributed by atoms with Crippen molar-refractivity contribution in [2.45, 2.75) is 102 Å². The lowest BCUT2D eigenvalue weighted by molar-refractivity contribution is 0.0685. The maximum absolute atomic E-state index is 12.1. The normalized spacial score (nSPS) is 21.5. The molecule has 5 heteroatoms. The number of rotatable bonds is 5. The number of hydrogen-bond donors (Lipinski definition) is 0. The van der Waals surface area contributed by atoms with Crippen LogP contribution in [0.4, 0.5) is 0 Å². The van der Waals surface area contributed by atoms with Crippen molar-refractivity contribution in [1.29, 1.82) is 0 Å². The molecular weight excluding hydrogens is 310 g/mol. The lowest BCUT2D eigenvalue weighted by Crippen LogP contribution is -2.49. The van der Waals surface area contributed by atoms with Crippen molar-refractivity contribution in [3.8, 4) is 0 Å². The highest BCUT2D eigenvalue weighted by atomic mass is 32.2. The molecular formula is C17H35NO2SSi. The molecule has 3 nitrogen and oxygen atoms in total. The summed E-state index contributed by atoms with van der Waals surface area (Å²) in [6, 6.07) is 0. The first kappa shape index (κ1) is 20.0. The van der Waals surface area contributed by atoms with Gasteiger partial charge >= 0.3 is 0 Å². The molecule has 0 radical (unpaired) electrons. The van der Waals surface area contributed by atoms with Crippen LogP contribution in [0.1, 0.15) is 73.6 Å². The zero-order valence-electron chi connectivity index (χ0n) is 15.8. The average Bonchev–Trinajstić information content (AvgIpc) is 2.74. The zero-order valence-corrected chi connectivity index (χ0v) is 17.6. The van der Waals surface area contributed by atoms with Crippen LogP contribution in [0, 0.1) is 0 Å². The Kier molecular flexibility index (Phi) is 6.25. The summed E-state index contributed by atoms with van der Waals surface area (Å²) in [6.45, 7) is 17.3. The molecule has 0 aromatic heterocycles. The molecule has 0 N–H and O–H groups in total. The van der Waals surface area contributed by atoms with E-state index in [2.05, 4.69) is 38.3 Å². The highest BCUT2D eigenvalue weighted by Crippen LogP contribution is 2.44. The zero-order chi connectivity index (χ0) is 17.2. The van der Waals surface area contributed by atoms with Gasteiger partial charge in [0.05, 0.1) is 10.3 Å². The molecule has 1 aliphatic carbocycles. The molecule has 1 aliphatic rings. The fourth-order valence-electron chi connectivity index (χ4n) is 2.49. The van der Waals surface area contributed by atoms with E-state index in [4.69, 9.17) is 4.43 Å². The Bertz CT molecular complexity index is 427. The Morgan fingerprint density at radius 2 is 1.64 bits per heavy atom. The van der Waals surface area contributed by atoms with Crippen molar-refractivity contribution in [1.82, 2.24) is 0 Å². The van der Waals surface area contributed by atoms with E-state index in [1.807, 2.05) is 27.0 Å². The predicted octanol–water partition coefficient (Wildman–Crippen LogP) is 5.24. The van der Waals surface area contributed by atoms with Crippen LogP contribution in [0.15, 0.2) is 4.40 Å². The molecule has 1 fully saturated rings. The third-order valence-electron chi connectivity index (χ3n) is 4.95. The average molecular weight is 346 g/mol. The minimum Gasteiger partial charge on any atom is -0.411 e. The van der Waals surface area contributed by atoms with Gasteiger partial charge in [-0.25, -0.2) is 4.21 Å². The highest BCUT2D eigenvalue weighted by Gasteiger charge is 2.45. The van der Waals surface area contributed by atoms with E-state index < -0.39 is 19.3 Å².